The van der Waals surface area contributed by atoms with Gasteiger partial charge in [0.2, 0.25) is 0 Å². The topological polar surface area (TPSA) is 56.7 Å². The average molecular weight is 391 g/mol. The minimum Gasteiger partial charge on any atom is -0.507 e. The number of guanidine groups is 1. The van der Waals surface area contributed by atoms with E-state index in [9.17, 15) is 5.11 Å². The first-order valence-corrected chi connectivity index (χ1v) is 6.89. The number of benzene rings is 1. The largest absolute Gasteiger partial charge is 0.507 e. The number of hydrogen-bond donors (Lipinski definition) is 3. The van der Waals surface area contributed by atoms with Gasteiger partial charge in [0.25, 0.3) is 0 Å². The van der Waals surface area contributed by atoms with Crippen molar-refractivity contribution in [2.75, 3.05) is 13.1 Å². The van der Waals surface area contributed by atoms with E-state index in [-0.39, 0.29) is 24.0 Å². The molecule has 1 rings (SSSR count). The number of halogens is 1. The van der Waals surface area contributed by atoms with Crippen LogP contribution >= 0.6 is 24.0 Å². The molecule has 0 aliphatic rings. The minimum atomic E-state index is 0. The molecule has 0 fully saturated rings. The molecule has 1 aromatic carbocycles. The van der Waals surface area contributed by atoms with Gasteiger partial charge in [-0.25, -0.2) is 4.99 Å². The second kappa shape index (κ2) is 9.85. The molecule has 0 saturated carbocycles. The van der Waals surface area contributed by atoms with Gasteiger partial charge in [-0.15, -0.1) is 24.0 Å². The maximum absolute atomic E-state index is 9.75. The summed E-state index contributed by atoms with van der Waals surface area (Å²) >= 11 is 0. The highest BCUT2D eigenvalue weighted by atomic mass is 127. The summed E-state index contributed by atoms with van der Waals surface area (Å²) in [5.41, 5.74) is 2.91. The molecule has 0 bridgehead atoms. The molecule has 4 nitrogen and oxygen atoms in total. The molecule has 3 N–H and O–H groups in total. The molecule has 0 atom stereocenters. The Morgan fingerprint density at radius 3 is 2.25 bits per heavy atom. The highest BCUT2D eigenvalue weighted by molar-refractivity contribution is 14.0. The number of aryl methyl sites for hydroxylation is 2. The van der Waals surface area contributed by atoms with Gasteiger partial charge >= 0.3 is 0 Å². The van der Waals surface area contributed by atoms with Gasteiger partial charge in [-0.1, -0.05) is 19.1 Å². The third-order valence-electron chi connectivity index (χ3n) is 2.86. The van der Waals surface area contributed by atoms with Crippen LogP contribution in [0.4, 0.5) is 0 Å². The molecular weight excluding hydrogens is 365 g/mol. The normalized spacial score (nSPS) is 10.9. The molecule has 0 amide bonds. The van der Waals surface area contributed by atoms with Crippen molar-refractivity contribution in [1.82, 2.24) is 10.6 Å². The predicted molar refractivity (Wildman–Crippen MR) is 96.1 cm³/mol. The van der Waals surface area contributed by atoms with Gasteiger partial charge in [-0.05, 0) is 43.9 Å². The lowest BCUT2D eigenvalue weighted by molar-refractivity contribution is 0.466. The molecule has 0 unspecified atom stereocenters. The van der Waals surface area contributed by atoms with Crippen LogP contribution in [0.1, 0.15) is 37.0 Å². The lowest BCUT2D eigenvalue weighted by Crippen LogP contribution is -2.37. The van der Waals surface area contributed by atoms with E-state index in [1.807, 2.05) is 26.0 Å². The first-order valence-electron chi connectivity index (χ1n) is 6.89. The molecule has 0 saturated heterocycles. The van der Waals surface area contributed by atoms with Crippen LogP contribution in [0.5, 0.6) is 5.75 Å². The quantitative estimate of drug-likeness (QED) is 0.411. The van der Waals surface area contributed by atoms with Gasteiger partial charge in [0.15, 0.2) is 5.96 Å². The van der Waals surface area contributed by atoms with Crippen molar-refractivity contribution in [2.24, 2.45) is 4.99 Å². The minimum absolute atomic E-state index is 0. The van der Waals surface area contributed by atoms with E-state index in [1.54, 1.807) is 0 Å². The number of aliphatic imine (C=N–C) groups is 1. The van der Waals surface area contributed by atoms with Crippen LogP contribution in [0.3, 0.4) is 0 Å². The molecule has 0 radical (unpaired) electrons. The first kappa shape index (κ1) is 19.0. The maximum atomic E-state index is 9.75. The fourth-order valence-corrected chi connectivity index (χ4v) is 1.89. The summed E-state index contributed by atoms with van der Waals surface area (Å²) in [6.07, 6.45) is 1.07. The number of rotatable bonds is 5. The molecule has 0 aromatic heterocycles. The lowest BCUT2D eigenvalue weighted by Gasteiger charge is -2.11. The Kier molecular flexibility index (Phi) is 9.37. The standard InChI is InChI=1S/C15H25N3O.HI/c1-5-7-17-15(16-6-2)18-10-13-8-11(3)14(19)12(4)9-13;/h8-9,19H,5-7,10H2,1-4H3,(H2,16,17,18);1H. The fourth-order valence-electron chi connectivity index (χ4n) is 1.89. The molecule has 0 heterocycles. The van der Waals surface area contributed by atoms with E-state index in [1.165, 1.54) is 0 Å². The summed E-state index contributed by atoms with van der Waals surface area (Å²) in [4.78, 5) is 4.55. The summed E-state index contributed by atoms with van der Waals surface area (Å²) in [6.45, 7) is 10.4. The van der Waals surface area contributed by atoms with Gasteiger partial charge in [-0.2, -0.15) is 0 Å². The number of phenols is 1. The third-order valence-corrected chi connectivity index (χ3v) is 2.86. The highest BCUT2D eigenvalue weighted by Crippen LogP contribution is 2.23. The second-order valence-electron chi connectivity index (χ2n) is 4.70. The zero-order valence-electron chi connectivity index (χ0n) is 12.8. The molecular formula is C15H26IN3O. The molecule has 0 aliphatic carbocycles. The first-order chi connectivity index (χ1) is 9.08. The SMILES string of the molecule is CCCNC(=NCc1cc(C)c(O)c(C)c1)NCC.I. The number of phenolic OH excluding ortho intramolecular Hbond substituents is 1. The molecule has 0 spiro atoms. The Balaban J connectivity index is 0.00000361. The van der Waals surface area contributed by atoms with E-state index in [0.717, 1.165) is 42.2 Å². The Morgan fingerprint density at radius 1 is 1.15 bits per heavy atom. The van der Waals surface area contributed by atoms with Crippen LogP contribution in [0, 0.1) is 13.8 Å². The number of nitrogens with one attached hydrogen (secondary N) is 2. The van der Waals surface area contributed by atoms with Crippen molar-refractivity contribution in [3.05, 3.63) is 28.8 Å². The summed E-state index contributed by atoms with van der Waals surface area (Å²) in [7, 11) is 0. The summed E-state index contributed by atoms with van der Waals surface area (Å²) in [5, 5.41) is 16.2. The van der Waals surface area contributed by atoms with Crippen molar-refractivity contribution >= 4 is 29.9 Å². The molecule has 0 aliphatic heterocycles. The van der Waals surface area contributed by atoms with Crippen molar-refractivity contribution in [3.63, 3.8) is 0 Å². The Hall–Kier alpha value is -0.980. The van der Waals surface area contributed by atoms with Gasteiger partial charge < -0.3 is 15.7 Å². The molecule has 5 heteroatoms. The van der Waals surface area contributed by atoms with Crippen LogP contribution in [-0.4, -0.2) is 24.2 Å². The van der Waals surface area contributed by atoms with Crippen LogP contribution in [-0.2, 0) is 6.54 Å². The summed E-state index contributed by atoms with van der Waals surface area (Å²) in [5.74, 6) is 1.22. The Labute approximate surface area is 139 Å². The summed E-state index contributed by atoms with van der Waals surface area (Å²) in [6, 6.07) is 3.96. The lowest BCUT2D eigenvalue weighted by atomic mass is 10.1. The maximum Gasteiger partial charge on any atom is 0.191 e. The van der Waals surface area contributed by atoms with Gasteiger partial charge in [-0.3, -0.25) is 0 Å². The van der Waals surface area contributed by atoms with Crippen molar-refractivity contribution in [2.45, 2.75) is 40.7 Å². The van der Waals surface area contributed by atoms with E-state index in [0.29, 0.717) is 12.3 Å². The number of aromatic hydroxyl groups is 1. The van der Waals surface area contributed by atoms with Crippen LogP contribution in [0.2, 0.25) is 0 Å². The Morgan fingerprint density at radius 2 is 1.75 bits per heavy atom. The smallest absolute Gasteiger partial charge is 0.191 e. The van der Waals surface area contributed by atoms with Gasteiger partial charge in [0, 0.05) is 13.1 Å². The van der Waals surface area contributed by atoms with E-state index in [2.05, 4.69) is 29.5 Å². The van der Waals surface area contributed by atoms with Crippen molar-refractivity contribution < 1.29 is 5.11 Å². The van der Waals surface area contributed by atoms with Gasteiger partial charge in [0.05, 0.1) is 6.54 Å². The predicted octanol–water partition coefficient (Wildman–Crippen LogP) is 3.09. The van der Waals surface area contributed by atoms with Crippen molar-refractivity contribution in [3.8, 4) is 5.75 Å². The number of hydrogen-bond acceptors (Lipinski definition) is 2. The van der Waals surface area contributed by atoms with Crippen LogP contribution < -0.4 is 10.6 Å². The number of nitrogens with zero attached hydrogens (tertiary/aromatic N) is 1. The molecule has 20 heavy (non-hydrogen) atoms. The Bertz CT molecular complexity index is 424. The third kappa shape index (κ3) is 5.98. The van der Waals surface area contributed by atoms with E-state index in [4.69, 9.17) is 0 Å². The van der Waals surface area contributed by atoms with E-state index < -0.39 is 0 Å². The van der Waals surface area contributed by atoms with Gasteiger partial charge in [0.1, 0.15) is 5.75 Å². The van der Waals surface area contributed by atoms with E-state index >= 15 is 0 Å². The van der Waals surface area contributed by atoms with Crippen molar-refractivity contribution in [1.29, 1.82) is 0 Å². The molecule has 1 aromatic rings. The van der Waals surface area contributed by atoms with Crippen LogP contribution in [0.15, 0.2) is 17.1 Å². The zero-order valence-corrected chi connectivity index (χ0v) is 15.1. The highest BCUT2D eigenvalue weighted by Gasteiger charge is 2.03. The second-order valence-corrected chi connectivity index (χ2v) is 4.70. The molecule has 114 valence electrons. The zero-order chi connectivity index (χ0) is 14.3. The monoisotopic (exact) mass is 391 g/mol. The summed E-state index contributed by atoms with van der Waals surface area (Å²) < 4.78 is 0. The average Bonchev–Trinajstić information content (AvgIpc) is 2.39. The fraction of sp³-hybridized carbons (Fsp3) is 0.533. The van der Waals surface area contributed by atoms with Crippen LogP contribution in [0.25, 0.3) is 0 Å².